The highest BCUT2D eigenvalue weighted by Gasteiger charge is 2.54. The molecule has 1 N–H and O–H groups in total. The maximum atomic E-state index is 12.9. The topological polar surface area (TPSA) is 84.6 Å². The van der Waals surface area contributed by atoms with E-state index >= 15 is 0 Å². The highest BCUT2D eigenvalue weighted by Crippen LogP contribution is 2.43. The molecule has 32 heavy (non-hydrogen) atoms. The minimum Gasteiger partial charge on any atom is -0.394 e. The van der Waals surface area contributed by atoms with E-state index in [4.69, 9.17) is 5.26 Å². The molecule has 3 fully saturated rings. The summed E-state index contributed by atoms with van der Waals surface area (Å²) in [6.45, 7) is 0.590. The van der Waals surface area contributed by atoms with Gasteiger partial charge in [-0.3, -0.25) is 9.59 Å². The van der Waals surface area contributed by atoms with Crippen LogP contribution < -0.4 is 0 Å². The van der Waals surface area contributed by atoms with E-state index in [1.54, 1.807) is 21.9 Å². The molecule has 1 saturated carbocycles. The number of benzene rings is 2. The van der Waals surface area contributed by atoms with Gasteiger partial charge in [-0.25, -0.2) is 0 Å². The Balaban J connectivity index is 1.35. The summed E-state index contributed by atoms with van der Waals surface area (Å²) >= 11 is 0. The lowest BCUT2D eigenvalue weighted by Gasteiger charge is -2.59. The summed E-state index contributed by atoms with van der Waals surface area (Å²) in [4.78, 5) is 29.3. The fraction of sp³-hybridized carbons (Fsp3) is 0.423. The van der Waals surface area contributed by atoms with Gasteiger partial charge in [-0.05, 0) is 41.7 Å². The van der Waals surface area contributed by atoms with Crippen molar-refractivity contribution in [3.05, 3.63) is 59.7 Å². The Morgan fingerprint density at radius 2 is 1.66 bits per heavy atom. The molecule has 3 atom stereocenters. The number of rotatable bonds is 4. The molecule has 6 nitrogen and oxygen atoms in total. The Labute approximate surface area is 188 Å². The standard InChI is InChI=1S/C26H27N3O3/c27-13-17-5-7-18(8-6-17)19-9-11-20(12-10-19)25-22-14-28(26(32)21-3-1-2-4-21)15-24(31)29(22)23(25)16-30/h5-12,21-23,25,30H,1-4,14-16H2/t22-,23-,25-/m1/s1. The Morgan fingerprint density at radius 1 is 1.03 bits per heavy atom. The molecule has 2 amide bonds. The monoisotopic (exact) mass is 429 g/mol. The zero-order valence-electron chi connectivity index (χ0n) is 18.0. The van der Waals surface area contributed by atoms with Crippen molar-refractivity contribution in [1.82, 2.24) is 9.80 Å². The number of nitriles is 1. The van der Waals surface area contributed by atoms with Crippen LogP contribution in [-0.4, -0.2) is 58.5 Å². The van der Waals surface area contributed by atoms with Crippen molar-refractivity contribution in [2.75, 3.05) is 19.7 Å². The van der Waals surface area contributed by atoms with Crippen LogP contribution in [0.15, 0.2) is 48.5 Å². The third kappa shape index (κ3) is 3.47. The first-order valence-electron chi connectivity index (χ1n) is 11.4. The molecule has 0 aromatic heterocycles. The van der Waals surface area contributed by atoms with Gasteiger partial charge in [0.05, 0.1) is 36.9 Å². The van der Waals surface area contributed by atoms with E-state index in [0.29, 0.717) is 12.1 Å². The lowest BCUT2D eigenvalue weighted by molar-refractivity contribution is -0.168. The van der Waals surface area contributed by atoms with Gasteiger partial charge in [0.1, 0.15) is 0 Å². The molecule has 2 aromatic carbocycles. The normalized spacial score (nSPS) is 25.2. The molecule has 0 radical (unpaired) electrons. The first kappa shape index (κ1) is 20.7. The minimum atomic E-state index is -0.239. The first-order chi connectivity index (χ1) is 15.6. The number of aliphatic hydroxyl groups is 1. The quantitative estimate of drug-likeness (QED) is 0.810. The maximum absolute atomic E-state index is 12.9. The zero-order chi connectivity index (χ0) is 22.2. The molecule has 6 heteroatoms. The lowest BCUT2D eigenvalue weighted by atomic mass is 9.73. The Kier molecular flexibility index (Phi) is 5.44. The number of amides is 2. The molecule has 2 heterocycles. The maximum Gasteiger partial charge on any atom is 0.242 e. The molecular formula is C26H27N3O3. The summed E-state index contributed by atoms with van der Waals surface area (Å²) in [6, 6.07) is 17.5. The van der Waals surface area contributed by atoms with Gasteiger partial charge in [-0.1, -0.05) is 49.2 Å². The van der Waals surface area contributed by atoms with E-state index in [0.717, 1.165) is 42.4 Å². The predicted octanol–water partition coefficient (Wildman–Crippen LogP) is 2.91. The average Bonchev–Trinajstić information content (AvgIpc) is 3.35. The first-order valence-corrected chi connectivity index (χ1v) is 11.4. The number of nitrogens with zero attached hydrogens (tertiary/aromatic N) is 3. The average molecular weight is 430 g/mol. The lowest BCUT2D eigenvalue weighted by Crippen LogP contribution is -2.73. The molecule has 0 unspecified atom stereocenters. The Hall–Kier alpha value is -3.17. The molecule has 1 aliphatic carbocycles. The van der Waals surface area contributed by atoms with Crippen LogP contribution in [0.4, 0.5) is 0 Å². The molecule has 0 bridgehead atoms. The second-order valence-electron chi connectivity index (χ2n) is 9.16. The number of carbonyl (C=O) groups excluding carboxylic acids is 2. The van der Waals surface area contributed by atoms with Gasteiger partial charge in [0.25, 0.3) is 0 Å². The van der Waals surface area contributed by atoms with Crippen LogP contribution in [0.25, 0.3) is 11.1 Å². The van der Waals surface area contributed by atoms with E-state index in [1.807, 2.05) is 24.3 Å². The van der Waals surface area contributed by atoms with Crippen LogP contribution in [0, 0.1) is 17.2 Å². The van der Waals surface area contributed by atoms with Crippen LogP contribution >= 0.6 is 0 Å². The van der Waals surface area contributed by atoms with Gasteiger partial charge in [0, 0.05) is 18.4 Å². The number of fused-ring (bicyclic) bond motifs is 1. The molecule has 2 aliphatic heterocycles. The van der Waals surface area contributed by atoms with Crippen molar-refractivity contribution in [2.45, 2.75) is 43.7 Å². The predicted molar refractivity (Wildman–Crippen MR) is 119 cm³/mol. The van der Waals surface area contributed by atoms with Crippen molar-refractivity contribution in [3.8, 4) is 17.2 Å². The van der Waals surface area contributed by atoms with Crippen molar-refractivity contribution in [3.63, 3.8) is 0 Å². The molecular weight excluding hydrogens is 402 g/mol. The largest absolute Gasteiger partial charge is 0.394 e. The second-order valence-corrected chi connectivity index (χ2v) is 9.16. The number of hydrogen-bond acceptors (Lipinski definition) is 4. The van der Waals surface area contributed by atoms with E-state index in [2.05, 4.69) is 18.2 Å². The van der Waals surface area contributed by atoms with Gasteiger partial charge in [-0.2, -0.15) is 5.26 Å². The Morgan fingerprint density at radius 3 is 2.25 bits per heavy atom. The van der Waals surface area contributed by atoms with Crippen molar-refractivity contribution in [2.24, 2.45) is 5.92 Å². The number of piperazine rings is 1. The molecule has 164 valence electrons. The summed E-state index contributed by atoms with van der Waals surface area (Å²) < 4.78 is 0. The third-order valence-corrected chi connectivity index (χ3v) is 7.41. The van der Waals surface area contributed by atoms with Gasteiger partial charge in [0.15, 0.2) is 0 Å². The van der Waals surface area contributed by atoms with Gasteiger partial charge in [0.2, 0.25) is 11.8 Å². The van der Waals surface area contributed by atoms with Crippen LogP contribution in [0.5, 0.6) is 0 Å². The molecule has 5 rings (SSSR count). The summed E-state index contributed by atoms with van der Waals surface area (Å²) in [5, 5.41) is 19.0. The fourth-order valence-electron chi connectivity index (χ4n) is 5.73. The van der Waals surface area contributed by atoms with Crippen LogP contribution in [0.1, 0.15) is 42.7 Å². The molecule has 2 aromatic rings. The number of carbonyl (C=O) groups is 2. The van der Waals surface area contributed by atoms with Gasteiger partial charge in [-0.15, -0.1) is 0 Å². The van der Waals surface area contributed by atoms with Crippen LogP contribution in [0.2, 0.25) is 0 Å². The zero-order valence-corrected chi connectivity index (χ0v) is 18.0. The highest BCUT2D eigenvalue weighted by molar-refractivity contribution is 5.88. The summed E-state index contributed by atoms with van der Waals surface area (Å²) in [5.41, 5.74) is 3.79. The van der Waals surface area contributed by atoms with Crippen molar-refractivity contribution in [1.29, 1.82) is 5.26 Å². The molecule has 3 aliphatic rings. The fourth-order valence-corrected chi connectivity index (χ4v) is 5.73. The SMILES string of the molecule is N#Cc1ccc(-c2ccc([C@H]3[C@@H](CO)N4C(=O)CN(C(=O)C5CCCC5)C[C@H]34)cc2)cc1. The molecule has 0 spiro atoms. The van der Waals surface area contributed by atoms with E-state index in [9.17, 15) is 14.7 Å². The van der Waals surface area contributed by atoms with Crippen molar-refractivity contribution >= 4 is 11.8 Å². The molecule has 2 saturated heterocycles. The summed E-state index contributed by atoms with van der Waals surface area (Å²) in [6.07, 6.45) is 4.04. The van der Waals surface area contributed by atoms with E-state index < -0.39 is 0 Å². The van der Waals surface area contributed by atoms with Crippen LogP contribution in [-0.2, 0) is 9.59 Å². The van der Waals surface area contributed by atoms with Crippen LogP contribution in [0.3, 0.4) is 0 Å². The number of aliphatic hydroxyl groups excluding tert-OH is 1. The highest BCUT2D eigenvalue weighted by atomic mass is 16.3. The minimum absolute atomic E-state index is 0.0122. The van der Waals surface area contributed by atoms with Crippen molar-refractivity contribution < 1.29 is 14.7 Å². The van der Waals surface area contributed by atoms with Gasteiger partial charge < -0.3 is 14.9 Å². The second kappa shape index (κ2) is 8.40. The van der Waals surface area contributed by atoms with E-state index in [1.165, 1.54) is 0 Å². The van der Waals surface area contributed by atoms with Gasteiger partial charge >= 0.3 is 0 Å². The Bertz CT molecular complexity index is 1050. The smallest absolute Gasteiger partial charge is 0.242 e. The summed E-state index contributed by atoms with van der Waals surface area (Å²) in [5.74, 6) is 0.140. The third-order valence-electron chi connectivity index (χ3n) is 7.41. The summed E-state index contributed by atoms with van der Waals surface area (Å²) in [7, 11) is 0. The van der Waals surface area contributed by atoms with E-state index in [-0.39, 0.29) is 48.9 Å². The number of hydrogen-bond donors (Lipinski definition) is 1.